The van der Waals surface area contributed by atoms with Crippen molar-refractivity contribution in [2.24, 2.45) is 0 Å². The van der Waals surface area contributed by atoms with E-state index in [-0.39, 0.29) is 22.7 Å². The Labute approximate surface area is 121 Å². The molecule has 0 saturated carbocycles. The first-order chi connectivity index (χ1) is 10.0. The molecule has 108 valence electrons. The molecule has 1 heterocycles. The lowest BCUT2D eigenvalue weighted by Gasteiger charge is -2.10. The maximum absolute atomic E-state index is 14.0. The molecular weight excluding hydrogens is 308 g/mol. The second kappa shape index (κ2) is 5.04. The lowest BCUT2D eigenvalue weighted by molar-refractivity contribution is 0.512. The molecule has 0 N–H and O–H groups in total. The lowest BCUT2D eigenvalue weighted by Crippen LogP contribution is -2.06. The van der Waals surface area contributed by atoms with Crippen molar-refractivity contribution in [3.63, 3.8) is 0 Å². The molecular formula is C14H7ClF4N2. The number of rotatable bonds is 2. The van der Waals surface area contributed by atoms with Crippen molar-refractivity contribution >= 4 is 22.6 Å². The van der Waals surface area contributed by atoms with Crippen LogP contribution in [0.25, 0.3) is 16.7 Å². The number of fused-ring (bicyclic) bond motifs is 1. The fourth-order valence-electron chi connectivity index (χ4n) is 2.18. The van der Waals surface area contributed by atoms with Gasteiger partial charge in [0.05, 0.1) is 11.4 Å². The van der Waals surface area contributed by atoms with Crippen LogP contribution < -0.4 is 0 Å². The molecule has 2 aromatic carbocycles. The summed E-state index contributed by atoms with van der Waals surface area (Å²) in [5, 5.41) is 0. The van der Waals surface area contributed by atoms with Gasteiger partial charge >= 0.3 is 0 Å². The van der Waals surface area contributed by atoms with Gasteiger partial charge in [0.15, 0.2) is 11.6 Å². The Balaban J connectivity index is 2.49. The third kappa shape index (κ3) is 2.06. The van der Waals surface area contributed by atoms with Gasteiger partial charge in [0, 0.05) is 0 Å². The molecule has 0 aliphatic carbocycles. The molecule has 0 aliphatic rings. The number of hydrogen-bond donors (Lipinski definition) is 0. The van der Waals surface area contributed by atoms with Gasteiger partial charge in [0.2, 0.25) is 0 Å². The second-order valence-electron chi connectivity index (χ2n) is 4.30. The monoisotopic (exact) mass is 314 g/mol. The fourth-order valence-corrected chi connectivity index (χ4v) is 2.36. The van der Waals surface area contributed by atoms with Crippen LogP contribution in [0.4, 0.5) is 17.6 Å². The zero-order valence-corrected chi connectivity index (χ0v) is 11.1. The molecule has 0 atom stereocenters. The molecule has 7 heteroatoms. The SMILES string of the molecule is Fc1cccc(F)c1-n1c(CCl)nc2ccc(F)c(F)c21. The minimum Gasteiger partial charge on any atom is -0.287 e. The minimum atomic E-state index is -1.24. The molecule has 0 spiro atoms. The van der Waals surface area contributed by atoms with Crippen molar-refractivity contribution in [1.29, 1.82) is 0 Å². The number of imidazole rings is 1. The average Bonchev–Trinajstić information content (AvgIpc) is 2.82. The van der Waals surface area contributed by atoms with Crippen molar-refractivity contribution in [2.45, 2.75) is 5.88 Å². The first-order valence-corrected chi connectivity index (χ1v) is 6.43. The van der Waals surface area contributed by atoms with E-state index in [1.54, 1.807) is 0 Å². The summed E-state index contributed by atoms with van der Waals surface area (Å²) in [6.07, 6.45) is 0. The summed E-state index contributed by atoms with van der Waals surface area (Å²) >= 11 is 5.71. The normalized spacial score (nSPS) is 11.3. The molecule has 0 bridgehead atoms. The molecule has 3 rings (SSSR count). The maximum atomic E-state index is 14.0. The highest BCUT2D eigenvalue weighted by Gasteiger charge is 2.22. The molecule has 2 nitrogen and oxygen atoms in total. The van der Waals surface area contributed by atoms with Crippen molar-refractivity contribution in [2.75, 3.05) is 0 Å². The minimum absolute atomic E-state index is 0.0140. The van der Waals surface area contributed by atoms with Crippen LogP contribution in [0.1, 0.15) is 5.82 Å². The predicted octanol–water partition coefficient (Wildman–Crippen LogP) is 4.32. The van der Waals surface area contributed by atoms with Gasteiger partial charge in [-0.05, 0) is 24.3 Å². The lowest BCUT2D eigenvalue weighted by atomic mass is 10.2. The number of para-hydroxylation sites is 1. The first-order valence-electron chi connectivity index (χ1n) is 5.90. The number of hydrogen-bond acceptors (Lipinski definition) is 1. The molecule has 1 aromatic heterocycles. The van der Waals surface area contributed by atoms with Crippen molar-refractivity contribution in [3.05, 3.63) is 59.4 Å². The third-order valence-electron chi connectivity index (χ3n) is 3.06. The van der Waals surface area contributed by atoms with Gasteiger partial charge in [-0.2, -0.15) is 0 Å². The molecule has 0 aliphatic heterocycles. The summed E-state index contributed by atoms with van der Waals surface area (Å²) in [6.45, 7) is 0. The highest BCUT2D eigenvalue weighted by Crippen LogP contribution is 2.29. The van der Waals surface area contributed by atoms with E-state index in [2.05, 4.69) is 4.98 Å². The van der Waals surface area contributed by atoms with E-state index in [1.807, 2.05) is 0 Å². The van der Waals surface area contributed by atoms with Crippen LogP contribution in [0.15, 0.2) is 30.3 Å². The molecule has 0 amide bonds. The van der Waals surface area contributed by atoms with E-state index in [0.717, 1.165) is 22.8 Å². The van der Waals surface area contributed by atoms with E-state index in [4.69, 9.17) is 11.6 Å². The Kier molecular flexibility index (Phi) is 3.33. The Bertz CT molecular complexity index is 824. The van der Waals surface area contributed by atoms with Crippen LogP contribution >= 0.6 is 11.6 Å². The average molecular weight is 315 g/mol. The number of nitrogens with zero attached hydrogens (tertiary/aromatic N) is 2. The summed E-state index contributed by atoms with van der Waals surface area (Å²) in [5.74, 6) is -4.43. The van der Waals surface area contributed by atoms with Crippen LogP contribution in [0.5, 0.6) is 0 Å². The van der Waals surface area contributed by atoms with Gasteiger partial charge in [-0.3, -0.25) is 4.57 Å². The number of halogens is 5. The van der Waals surface area contributed by atoms with Crippen molar-refractivity contribution in [1.82, 2.24) is 9.55 Å². The zero-order chi connectivity index (χ0) is 15.1. The standard InChI is InChI=1S/C14H7ClF4N2/c15-6-11-20-10-5-4-7(16)12(19)14(10)21(11)13-8(17)2-1-3-9(13)18/h1-5H,6H2. The molecule has 21 heavy (non-hydrogen) atoms. The third-order valence-corrected chi connectivity index (χ3v) is 3.30. The smallest absolute Gasteiger partial charge is 0.185 e. The summed E-state index contributed by atoms with van der Waals surface area (Å²) in [6, 6.07) is 5.31. The Hall–Kier alpha value is -2.08. The van der Waals surface area contributed by atoms with Crippen LogP contribution in [0.3, 0.4) is 0 Å². The fraction of sp³-hybridized carbons (Fsp3) is 0.0714. The predicted molar refractivity (Wildman–Crippen MR) is 70.5 cm³/mol. The van der Waals surface area contributed by atoms with Crippen molar-refractivity contribution in [3.8, 4) is 5.69 Å². The summed E-state index contributed by atoms with van der Waals surface area (Å²) in [7, 11) is 0. The summed E-state index contributed by atoms with van der Waals surface area (Å²) in [4.78, 5) is 3.98. The Morgan fingerprint density at radius 1 is 0.952 bits per heavy atom. The summed E-state index contributed by atoms with van der Waals surface area (Å²) < 4.78 is 56.2. The van der Waals surface area contributed by atoms with E-state index in [1.165, 1.54) is 12.1 Å². The summed E-state index contributed by atoms with van der Waals surface area (Å²) in [5.41, 5.74) is -0.831. The van der Waals surface area contributed by atoms with Crippen LogP contribution in [0.2, 0.25) is 0 Å². The van der Waals surface area contributed by atoms with Gasteiger partial charge < -0.3 is 0 Å². The number of alkyl halides is 1. The van der Waals surface area contributed by atoms with Crippen molar-refractivity contribution < 1.29 is 17.6 Å². The Morgan fingerprint density at radius 3 is 2.24 bits per heavy atom. The van der Waals surface area contributed by atoms with Gasteiger partial charge in [-0.1, -0.05) is 6.07 Å². The first kappa shape index (κ1) is 13.9. The quantitative estimate of drug-likeness (QED) is 0.509. The zero-order valence-electron chi connectivity index (χ0n) is 10.4. The second-order valence-corrected chi connectivity index (χ2v) is 4.56. The number of aromatic nitrogens is 2. The van der Waals surface area contributed by atoms with Gasteiger partial charge in [-0.15, -0.1) is 11.6 Å². The topological polar surface area (TPSA) is 17.8 Å². The molecule has 0 saturated heterocycles. The van der Waals surface area contributed by atoms with Crippen LogP contribution in [0, 0.1) is 23.3 Å². The van der Waals surface area contributed by atoms with E-state index in [0.29, 0.717) is 0 Å². The molecule has 0 fully saturated rings. The number of benzene rings is 2. The molecule has 3 aromatic rings. The maximum Gasteiger partial charge on any atom is 0.185 e. The van der Waals surface area contributed by atoms with E-state index < -0.39 is 29.0 Å². The van der Waals surface area contributed by atoms with Crippen LogP contribution in [-0.4, -0.2) is 9.55 Å². The van der Waals surface area contributed by atoms with E-state index >= 15 is 0 Å². The van der Waals surface area contributed by atoms with Gasteiger partial charge in [0.1, 0.15) is 28.7 Å². The molecule has 0 radical (unpaired) electrons. The highest BCUT2D eigenvalue weighted by atomic mass is 35.5. The van der Waals surface area contributed by atoms with Crippen LogP contribution in [-0.2, 0) is 5.88 Å². The van der Waals surface area contributed by atoms with Gasteiger partial charge in [0.25, 0.3) is 0 Å². The molecule has 0 unspecified atom stereocenters. The van der Waals surface area contributed by atoms with E-state index in [9.17, 15) is 17.6 Å². The largest absolute Gasteiger partial charge is 0.287 e. The Morgan fingerprint density at radius 2 is 1.62 bits per heavy atom. The highest BCUT2D eigenvalue weighted by molar-refractivity contribution is 6.17. The van der Waals surface area contributed by atoms with Gasteiger partial charge in [-0.25, -0.2) is 22.5 Å².